The molecule has 1 fully saturated rings. The number of nitrogens with one attached hydrogen (secondary N) is 2. The number of amides is 4. The summed E-state index contributed by atoms with van der Waals surface area (Å²) >= 11 is 0. The number of hydrogen-bond acceptors (Lipinski definition) is 5. The van der Waals surface area contributed by atoms with Gasteiger partial charge >= 0.3 is 6.03 Å². The normalized spacial score (nSPS) is 17.1. The van der Waals surface area contributed by atoms with Crippen LogP contribution in [0.15, 0.2) is 28.7 Å². The van der Waals surface area contributed by atoms with Gasteiger partial charge in [-0.1, -0.05) is 12.1 Å². The molecule has 0 bridgehead atoms. The first-order valence-electron chi connectivity index (χ1n) is 7.37. The Morgan fingerprint density at radius 2 is 2.00 bits per heavy atom. The number of carbonyl (C=O) groups excluding carboxylic acids is 3. The third kappa shape index (κ3) is 2.62. The van der Waals surface area contributed by atoms with E-state index in [4.69, 9.17) is 4.42 Å². The van der Waals surface area contributed by atoms with Crippen LogP contribution in [0.3, 0.4) is 0 Å². The molecule has 0 radical (unpaired) electrons. The molecule has 24 heavy (non-hydrogen) atoms. The van der Waals surface area contributed by atoms with E-state index in [0.717, 1.165) is 4.90 Å². The molecule has 1 aromatic heterocycles. The average molecular weight is 328 g/mol. The summed E-state index contributed by atoms with van der Waals surface area (Å²) in [5.41, 5.74) is 1.09. The minimum absolute atomic E-state index is 0.0906. The van der Waals surface area contributed by atoms with Gasteiger partial charge in [0.15, 0.2) is 5.89 Å². The monoisotopic (exact) mass is 328 g/mol. The lowest BCUT2D eigenvalue weighted by molar-refractivity contribution is -0.117. The number of hydrogen-bond donors (Lipinski definition) is 2. The second kappa shape index (κ2) is 5.80. The Labute approximate surface area is 137 Å². The van der Waals surface area contributed by atoms with E-state index in [-0.39, 0.29) is 11.7 Å². The molecule has 8 nitrogen and oxygen atoms in total. The molecule has 1 unspecified atom stereocenters. The summed E-state index contributed by atoms with van der Waals surface area (Å²) in [6.45, 7) is 4.91. The van der Waals surface area contributed by atoms with E-state index in [2.05, 4.69) is 15.6 Å². The maximum atomic E-state index is 12.4. The Morgan fingerprint density at radius 3 is 2.58 bits per heavy atom. The Kier molecular flexibility index (Phi) is 3.80. The highest BCUT2D eigenvalue weighted by Crippen LogP contribution is 2.29. The molecule has 1 aliphatic rings. The summed E-state index contributed by atoms with van der Waals surface area (Å²) in [6, 6.07) is 5.43. The van der Waals surface area contributed by atoms with Gasteiger partial charge in [-0.2, -0.15) is 0 Å². The summed E-state index contributed by atoms with van der Waals surface area (Å²) in [4.78, 5) is 41.7. The van der Waals surface area contributed by atoms with Gasteiger partial charge in [0, 0.05) is 6.92 Å². The predicted molar refractivity (Wildman–Crippen MR) is 85.9 cm³/mol. The fraction of sp³-hybridized carbons (Fsp3) is 0.250. The van der Waals surface area contributed by atoms with Crippen molar-refractivity contribution in [3.8, 4) is 0 Å². The lowest BCUT2D eigenvalue weighted by Gasteiger charge is -2.17. The van der Waals surface area contributed by atoms with Crippen molar-refractivity contribution in [1.82, 2.24) is 10.3 Å². The first-order valence-corrected chi connectivity index (χ1v) is 7.37. The highest BCUT2D eigenvalue weighted by atomic mass is 16.4. The average Bonchev–Trinajstić information content (AvgIpc) is 2.99. The molecule has 3 rings (SSSR count). The molecule has 0 saturated carbocycles. The summed E-state index contributed by atoms with van der Waals surface area (Å²) < 4.78 is 5.29. The van der Waals surface area contributed by atoms with Crippen molar-refractivity contribution in [2.24, 2.45) is 0 Å². The first-order chi connectivity index (χ1) is 11.4. The zero-order chi connectivity index (χ0) is 17.4. The molecular weight excluding hydrogens is 312 g/mol. The van der Waals surface area contributed by atoms with Gasteiger partial charge in [0.05, 0.1) is 17.1 Å². The van der Waals surface area contributed by atoms with Crippen LogP contribution in [0.1, 0.15) is 29.1 Å². The Hall–Kier alpha value is -3.16. The molecular formula is C16H16N4O4. The molecule has 2 N–H and O–H groups in total. The second-order valence-electron chi connectivity index (χ2n) is 5.46. The number of benzene rings is 1. The topological polar surface area (TPSA) is 105 Å². The van der Waals surface area contributed by atoms with Crippen LogP contribution < -0.4 is 15.5 Å². The van der Waals surface area contributed by atoms with Gasteiger partial charge in [-0.05, 0) is 26.0 Å². The van der Waals surface area contributed by atoms with Crippen LogP contribution in [0.4, 0.5) is 16.2 Å². The minimum Gasteiger partial charge on any atom is -0.436 e. The van der Waals surface area contributed by atoms with Crippen LogP contribution in [-0.4, -0.2) is 28.9 Å². The van der Waals surface area contributed by atoms with Gasteiger partial charge in [-0.3, -0.25) is 9.59 Å². The molecule has 0 aliphatic carbocycles. The standard InChI is InChI=1S/C16H16N4O4/c1-8-13(24-10(3)17-8)14(21)19-11-6-4-5-7-12(11)20-15(22)9(2)18-16(20)23/h4-7,9H,1-3H3,(H,18,23)(H,19,21). The number of aromatic nitrogens is 1. The van der Waals surface area contributed by atoms with Crippen LogP contribution in [0, 0.1) is 13.8 Å². The van der Waals surface area contributed by atoms with E-state index < -0.39 is 18.0 Å². The van der Waals surface area contributed by atoms with E-state index in [9.17, 15) is 14.4 Å². The molecule has 2 aromatic rings. The van der Waals surface area contributed by atoms with E-state index in [0.29, 0.717) is 23.0 Å². The van der Waals surface area contributed by atoms with E-state index >= 15 is 0 Å². The number of aryl methyl sites for hydroxylation is 2. The summed E-state index contributed by atoms with van der Waals surface area (Å²) in [5, 5.41) is 5.20. The van der Waals surface area contributed by atoms with E-state index in [1.54, 1.807) is 45.0 Å². The van der Waals surface area contributed by atoms with Crippen molar-refractivity contribution in [2.75, 3.05) is 10.2 Å². The summed E-state index contributed by atoms with van der Waals surface area (Å²) in [6.07, 6.45) is 0. The molecule has 1 saturated heterocycles. The highest BCUT2D eigenvalue weighted by molar-refractivity contribution is 6.23. The van der Waals surface area contributed by atoms with Crippen molar-refractivity contribution in [3.05, 3.63) is 41.6 Å². The van der Waals surface area contributed by atoms with Gasteiger partial charge in [-0.15, -0.1) is 0 Å². The third-order valence-electron chi connectivity index (χ3n) is 3.64. The number of anilines is 2. The number of oxazole rings is 1. The number of carbonyl (C=O) groups is 3. The summed E-state index contributed by atoms with van der Waals surface area (Å²) in [5.74, 6) is -0.407. The largest absolute Gasteiger partial charge is 0.436 e. The van der Waals surface area contributed by atoms with Gasteiger partial charge in [0.1, 0.15) is 6.04 Å². The van der Waals surface area contributed by atoms with Crippen LogP contribution in [0.25, 0.3) is 0 Å². The number of rotatable bonds is 3. The van der Waals surface area contributed by atoms with Crippen LogP contribution in [-0.2, 0) is 4.79 Å². The SMILES string of the molecule is Cc1nc(C)c(C(=O)Nc2ccccc2N2C(=O)NC(C)C2=O)o1. The van der Waals surface area contributed by atoms with Crippen molar-refractivity contribution >= 4 is 29.2 Å². The lowest BCUT2D eigenvalue weighted by Crippen LogP contribution is -2.32. The van der Waals surface area contributed by atoms with E-state index in [1.807, 2.05) is 0 Å². The lowest BCUT2D eigenvalue weighted by atomic mass is 10.2. The third-order valence-corrected chi connectivity index (χ3v) is 3.64. The Morgan fingerprint density at radius 1 is 1.29 bits per heavy atom. The van der Waals surface area contributed by atoms with Crippen LogP contribution in [0.2, 0.25) is 0 Å². The Bertz CT molecular complexity index is 842. The van der Waals surface area contributed by atoms with Crippen molar-refractivity contribution in [1.29, 1.82) is 0 Å². The van der Waals surface area contributed by atoms with Crippen molar-refractivity contribution in [2.45, 2.75) is 26.8 Å². The molecule has 1 atom stereocenters. The fourth-order valence-electron chi connectivity index (χ4n) is 2.53. The van der Waals surface area contributed by atoms with Gasteiger partial charge in [-0.25, -0.2) is 14.7 Å². The fourth-order valence-corrected chi connectivity index (χ4v) is 2.53. The highest BCUT2D eigenvalue weighted by Gasteiger charge is 2.37. The number of nitrogens with zero attached hydrogens (tertiary/aromatic N) is 2. The molecule has 1 aliphatic heterocycles. The van der Waals surface area contributed by atoms with Crippen LogP contribution in [0.5, 0.6) is 0 Å². The number of imide groups is 1. The maximum absolute atomic E-state index is 12.4. The molecule has 2 heterocycles. The van der Waals surface area contributed by atoms with Gasteiger partial charge < -0.3 is 15.1 Å². The minimum atomic E-state index is -0.611. The molecule has 124 valence electrons. The number of urea groups is 1. The van der Waals surface area contributed by atoms with Gasteiger partial charge in [0.25, 0.3) is 11.8 Å². The Balaban J connectivity index is 1.93. The second-order valence-corrected chi connectivity index (χ2v) is 5.46. The zero-order valence-electron chi connectivity index (χ0n) is 13.4. The number of para-hydroxylation sites is 2. The van der Waals surface area contributed by atoms with E-state index in [1.165, 1.54) is 0 Å². The summed E-state index contributed by atoms with van der Waals surface area (Å²) in [7, 11) is 0. The van der Waals surface area contributed by atoms with Crippen molar-refractivity contribution in [3.63, 3.8) is 0 Å². The van der Waals surface area contributed by atoms with Gasteiger partial charge in [0.2, 0.25) is 5.76 Å². The van der Waals surface area contributed by atoms with Crippen molar-refractivity contribution < 1.29 is 18.8 Å². The zero-order valence-corrected chi connectivity index (χ0v) is 13.4. The predicted octanol–water partition coefficient (Wildman–Crippen LogP) is 1.99. The molecule has 0 spiro atoms. The first kappa shape index (κ1) is 15.7. The maximum Gasteiger partial charge on any atom is 0.329 e. The van der Waals surface area contributed by atoms with Crippen LogP contribution >= 0.6 is 0 Å². The molecule has 1 aromatic carbocycles. The molecule has 4 amide bonds. The quantitative estimate of drug-likeness (QED) is 0.838. The smallest absolute Gasteiger partial charge is 0.329 e. The molecule has 8 heteroatoms.